The van der Waals surface area contributed by atoms with E-state index in [9.17, 15) is 0 Å². The number of hydrogen-bond donors (Lipinski definition) is 2. The molecule has 0 saturated carbocycles. The molecule has 4 N–H and O–H groups in total. The Morgan fingerprint density at radius 2 is 2.25 bits per heavy atom. The number of unbranched alkanes of at least 4 members (excludes halogenated alkanes) is 1. The smallest absolute Gasteiger partial charge is 0.0389 e. The molecule has 0 unspecified atom stereocenters. The first-order chi connectivity index (χ1) is 5.84. The summed E-state index contributed by atoms with van der Waals surface area (Å²) in [4.78, 5) is 1.28. The van der Waals surface area contributed by atoms with E-state index in [0.29, 0.717) is 0 Å². The third-order valence-corrected chi connectivity index (χ3v) is 2.88. The summed E-state index contributed by atoms with van der Waals surface area (Å²) < 4.78 is 0. The monoisotopic (exact) mass is 184 g/mol. The lowest BCUT2D eigenvalue weighted by molar-refractivity contribution is 0.598. The molecule has 1 rings (SSSR count). The second-order valence-electron chi connectivity index (χ2n) is 2.91. The maximum absolute atomic E-state index is 5.95. The number of rotatable bonds is 5. The molecule has 0 amide bonds. The van der Waals surface area contributed by atoms with Crippen molar-refractivity contribution < 1.29 is 0 Å². The Morgan fingerprint density at radius 1 is 1.42 bits per heavy atom. The van der Waals surface area contributed by atoms with Gasteiger partial charge in [-0.15, -0.1) is 11.3 Å². The third kappa shape index (κ3) is 2.93. The molecule has 1 heterocycles. The van der Waals surface area contributed by atoms with E-state index in [1.54, 1.807) is 11.3 Å². The Bertz CT molecular complexity index is 196. The fourth-order valence-corrected chi connectivity index (χ4v) is 1.92. The van der Waals surface area contributed by atoms with Gasteiger partial charge >= 0.3 is 0 Å². The van der Waals surface area contributed by atoms with Crippen molar-refractivity contribution in [1.29, 1.82) is 0 Å². The first kappa shape index (κ1) is 9.71. The van der Waals surface area contributed by atoms with Gasteiger partial charge in [-0.05, 0) is 30.8 Å². The molecular weight excluding hydrogens is 168 g/mol. The molecule has 1 atom stereocenters. The van der Waals surface area contributed by atoms with E-state index >= 15 is 0 Å². The Morgan fingerprint density at radius 3 is 2.83 bits per heavy atom. The van der Waals surface area contributed by atoms with Crippen LogP contribution in [0.25, 0.3) is 0 Å². The number of hydrogen-bond acceptors (Lipinski definition) is 3. The minimum atomic E-state index is 0.219. The van der Waals surface area contributed by atoms with Crippen molar-refractivity contribution in [3.8, 4) is 0 Å². The van der Waals surface area contributed by atoms with Crippen molar-refractivity contribution in [3.05, 3.63) is 22.4 Å². The molecule has 12 heavy (non-hydrogen) atoms. The molecule has 0 aliphatic heterocycles. The highest BCUT2D eigenvalue weighted by atomic mass is 32.1. The number of nitrogens with two attached hydrogens (primary N) is 2. The largest absolute Gasteiger partial charge is 0.330 e. The van der Waals surface area contributed by atoms with Gasteiger partial charge in [-0.2, -0.15) is 0 Å². The summed E-state index contributed by atoms with van der Waals surface area (Å²) in [7, 11) is 0. The summed E-state index contributed by atoms with van der Waals surface area (Å²) in [6.07, 6.45) is 3.27. The first-order valence-electron chi connectivity index (χ1n) is 4.33. The molecule has 2 nitrogen and oxygen atoms in total. The van der Waals surface area contributed by atoms with Crippen LogP contribution in [0.1, 0.15) is 30.2 Å². The predicted octanol–water partition coefficient (Wildman–Crippen LogP) is 1.88. The minimum absolute atomic E-state index is 0.219. The van der Waals surface area contributed by atoms with Crippen LogP contribution >= 0.6 is 11.3 Å². The van der Waals surface area contributed by atoms with Gasteiger partial charge in [0.15, 0.2) is 0 Å². The lowest BCUT2D eigenvalue weighted by Crippen LogP contribution is -2.09. The van der Waals surface area contributed by atoms with E-state index in [0.717, 1.165) is 25.8 Å². The third-order valence-electron chi connectivity index (χ3n) is 1.88. The van der Waals surface area contributed by atoms with Gasteiger partial charge in [0.1, 0.15) is 0 Å². The average Bonchev–Trinajstić information content (AvgIpc) is 2.56. The quantitative estimate of drug-likeness (QED) is 0.686. The molecule has 68 valence electrons. The highest BCUT2D eigenvalue weighted by molar-refractivity contribution is 7.10. The molecule has 0 aliphatic carbocycles. The molecule has 0 fully saturated rings. The van der Waals surface area contributed by atoms with E-state index in [4.69, 9.17) is 11.5 Å². The maximum atomic E-state index is 5.95. The molecule has 1 aromatic heterocycles. The van der Waals surface area contributed by atoms with E-state index < -0.39 is 0 Å². The van der Waals surface area contributed by atoms with E-state index in [2.05, 4.69) is 11.4 Å². The van der Waals surface area contributed by atoms with Gasteiger partial charge in [0.25, 0.3) is 0 Å². The molecule has 3 heteroatoms. The summed E-state index contributed by atoms with van der Waals surface area (Å²) in [5, 5.41) is 2.07. The van der Waals surface area contributed by atoms with Crippen molar-refractivity contribution in [2.75, 3.05) is 6.54 Å². The Hall–Kier alpha value is -0.380. The van der Waals surface area contributed by atoms with Crippen molar-refractivity contribution in [2.45, 2.75) is 25.3 Å². The van der Waals surface area contributed by atoms with Gasteiger partial charge in [-0.25, -0.2) is 0 Å². The van der Waals surface area contributed by atoms with E-state index in [-0.39, 0.29) is 6.04 Å². The Kier molecular flexibility index (Phi) is 4.29. The van der Waals surface area contributed by atoms with Crippen LogP contribution in [-0.4, -0.2) is 6.54 Å². The van der Waals surface area contributed by atoms with Crippen LogP contribution in [0.4, 0.5) is 0 Å². The normalized spacial score (nSPS) is 13.2. The topological polar surface area (TPSA) is 52.0 Å². The molecule has 0 aliphatic rings. The average molecular weight is 184 g/mol. The summed E-state index contributed by atoms with van der Waals surface area (Å²) in [5.41, 5.74) is 11.3. The fourth-order valence-electron chi connectivity index (χ4n) is 1.15. The van der Waals surface area contributed by atoms with Crippen LogP contribution in [0.5, 0.6) is 0 Å². The van der Waals surface area contributed by atoms with Crippen LogP contribution in [0, 0.1) is 0 Å². The van der Waals surface area contributed by atoms with E-state index in [1.165, 1.54) is 4.88 Å². The zero-order chi connectivity index (χ0) is 8.81. The molecule has 0 saturated heterocycles. The first-order valence-corrected chi connectivity index (χ1v) is 5.21. The minimum Gasteiger partial charge on any atom is -0.330 e. The Labute approximate surface area is 77.6 Å². The van der Waals surface area contributed by atoms with Crippen molar-refractivity contribution in [2.24, 2.45) is 11.5 Å². The van der Waals surface area contributed by atoms with Gasteiger partial charge < -0.3 is 11.5 Å². The molecule has 0 spiro atoms. The van der Waals surface area contributed by atoms with Crippen LogP contribution < -0.4 is 11.5 Å². The highest BCUT2D eigenvalue weighted by Gasteiger charge is 2.05. The Balaban J connectivity index is 2.25. The highest BCUT2D eigenvalue weighted by Crippen LogP contribution is 2.20. The number of thiophene rings is 1. The molecule has 0 bridgehead atoms. The lowest BCUT2D eigenvalue weighted by Gasteiger charge is -2.07. The van der Waals surface area contributed by atoms with Crippen molar-refractivity contribution in [3.63, 3.8) is 0 Å². The SMILES string of the molecule is NCCCC[C@H](N)c1cccs1. The van der Waals surface area contributed by atoms with Crippen LogP contribution in [0.15, 0.2) is 17.5 Å². The lowest BCUT2D eigenvalue weighted by atomic mass is 10.1. The summed E-state index contributed by atoms with van der Waals surface area (Å²) in [6, 6.07) is 4.36. The second-order valence-corrected chi connectivity index (χ2v) is 3.89. The van der Waals surface area contributed by atoms with Gasteiger partial charge in [-0.1, -0.05) is 12.5 Å². The van der Waals surface area contributed by atoms with Gasteiger partial charge in [-0.3, -0.25) is 0 Å². The van der Waals surface area contributed by atoms with E-state index in [1.807, 2.05) is 6.07 Å². The van der Waals surface area contributed by atoms with Gasteiger partial charge in [0.2, 0.25) is 0 Å². The molecule has 1 aromatic rings. The molecule has 0 aromatic carbocycles. The predicted molar refractivity (Wildman–Crippen MR) is 54.2 cm³/mol. The fraction of sp³-hybridized carbons (Fsp3) is 0.556. The van der Waals surface area contributed by atoms with Crippen LogP contribution in [-0.2, 0) is 0 Å². The van der Waals surface area contributed by atoms with Crippen molar-refractivity contribution in [1.82, 2.24) is 0 Å². The zero-order valence-corrected chi connectivity index (χ0v) is 8.02. The zero-order valence-electron chi connectivity index (χ0n) is 7.20. The summed E-state index contributed by atoms with van der Waals surface area (Å²) in [6.45, 7) is 0.775. The van der Waals surface area contributed by atoms with Gasteiger partial charge in [0, 0.05) is 10.9 Å². The van der Waals surface area contributed by atoms with Crippen molar-refractivity contribution >= 4 is 11.3 Å². The van der Waals surface area contributed by atoms with Crippen LogP contribution in [0.2, 0.25) is 0 Å². The maximum Gasteiger partial charge on any atom is 0.0389 e. The molecule has 0 radical (unpaired) electrons. The summed E-state index contributed by atoms with van der Waals surface area (Å²) in [5.74, 6) is 0. The van der Waals surface area contributed by atoms with Crippen LogP contribution in [0.3, 0.4) is 0 Å². The second kappa shape index (κ2) is 5.30. The summed E-state index contributed by atoms with van der Waals surface area (Å²) >= 11 is 1.73. The molecular formula is C9H16N2S. The van der Waals surface area contributed by atoms with Gasteiger partial charge in [0.05, 0.1) is 0 Å². The standard InChI is InChI=1S/C9H16N2S/c10-6-2-1-4-8(11)9-5-3-7-12-9/h3,5,7-8H,1-2,4,6,10-11H2/t8-/m0/s1.